The van der Waals surface area contributed by atoms with E-state index >= 15 is 0 Å². The lowest BCUT2D eigenvalue weighted by molar-refractivity contribution is -0.112. The van der Waals surface area contributed by atoms with Crippen molar-refractivity contribution in [2.45, 2.75) is 59.8 Å². The highest BCUT2D eigenvalue weighted by Crippen LogP contribution is 2.13. The molecular formula is C16H26O. The Kier molecular flexibility index (Phi) is 8.39. The fraction of sp³-hybridized carbons (Fsp3) is 0.562. The van der Waals surface area contributed by atoms with Gasteiger partial charge in [0.05, 0.1) is 0 Å². The van der Waals surface area contributed by atoms with Crippen molar-refractivity contribution in [2.24, 2.45) is 0 Å². The van der Waals surface area contributed by atoms with E-state index in [2.05, 4.69) is 26.5 Å². The van der Waals surface area contributed by atoms with Gasteiger partial charge in [-0.3, -0.25) is 4.79 Å². The highest BCUT2D eigenvalue weighted by atomic mass is 16.1. The van der Waals surface area contributed by atoms with Crippen LogP contribution in [0.4, 0.5) is 0 Å². The zero-order valence-corrected chi connectivity index (χ0v) is 11.8. The molecule has 0 rings (SSSR count). The Morgan fingerprint density at radius 1 is 1.00 bits per heavy atom. The molecule has 0 saturated carbocycles. The van der Waals surface area contributed by atoms with E-state index in [0.29, 0.717) is 0 Å². The number of hydrogen-bond donors (Lipinski definition) is 0. The van der Waals surface area contributed by atoms with Crippen LogP contribution >= 0.6 is 0 Å². The first kappa shape index (κ1) is 15.9. The molecule has 0 N–H and O–H groups in total. The van der Waals surface area contributed by atoms with Crippen molar-refractivity contribution < 1.29 is 4.79 Å². The number of allylic oxidation sites excluding steroid dienone is 5. The SMILES string of the molecule is C=C(C)CCC/C(C)=C/CC/C(C)=C/C(C)=O. The zero-order valence-electron chi connectivity index (χ0n) is 11.8. The lowest BCUT2D eigenvalue weighted by Crippen LogP contribution is -1.86. The summed E-state index contributed by atoms with van der Waals surface area (Å²) in [5.41, 5.74) is 3.88. The van der Waals surface area contributed by atoms with Gasteiger partial charge in [0.15, 0.2) is 5.78 Å². The van der Waals surface area contributed by atoms with E-state index in [-0.39, 0.29) is 5.78 Å². The van der Waals surface area contributed by atoms with Crippen LogP contribution in [0.3, 0.4) is 0 Å². The summed E-state index contributed by atoms with van der Waals surface area (Å²) < 4.78 is 0. The maximum Gasteiger partial charge on any atom is 0.152 e. The van der Waals surface area contributed by atoms with Crippen molar-refractivity contribution >= 4 is 5.78 Å². The monoisotopic (exact) mass is 234 g/mol. The van der Waals surface area contributed by atoms with E-state index in [4.69, 9.17) is 0 Å². The second kappa shape index (κ2) is 8.98. The van der Waals surface area contributed by atoms with E-state index in [9.17, 15) is 4.79 Å². The predicted octanol–water partition coefficient (Wildman–Crippen LogP) is 4.99. The number of hydrogen-bond acceptors (Lipinski definition) is 1. The lowest BCUT2D eigenvalue weighted by atomic mass is 10.0. The molecule has 17 heavy (non-hydrogen) atoms. The lowest BCUT2D eigenvalue weighted by Gasteiger charge is -2.02. The van der Waals surface area contributed by atoms with Crippen molar-refractivity contribution in [1.29, 1.82) is 0 Å². The summed E-state index contributed by atoms with van der Waals surface area (Å²) in [6, 6.07) is 0. The summed E-state index contributed by atoms with van der Waals surface area (Å²) in [5.74, 6) is 0.143. The predicted molar refractivity (Wildman–Crippen MR) is 76.1 cm³/mol. The average Bonchev–Trinajstić information content (AvgIpc) is 2.15. The molecule has 0 aliphatic heterocycles. The number of carbonyl (C=O) groups is 1. The molecule has 0 aromatic rings. The molecule has 0 radical (unpaired) electrons. The Morgan fingerprint density at radius 3 is 2.18 bits per heavy atom. The third-order valence-corrected chi connectivity index (χ3v) is 2.66. The molecule has 0 aromatic heterocycles. The van der Waals surface area contributed by atoms with Crippen molar-refractivity contribution in [1.82, 2.24) is 0 Å². The summed E-state index contributed by atoms with van der Waals surface area (Å²) in [5, 5.41) is 0. The van der Waals surface area contributed by atoms with Gasteiger partial charge in [-0.2, -0.15) is 0 Å². The first-order chi connectivity index (χ1) is 7.91. The topological polar surface area (TPSA) is 17.1 Å². The van der Waals surface area contributed by atoms with Gasteiger partial charge >= 0.3 is 0 Å². The molecule has 0 heterocycles. The third-order valence-electron chi connectivity index (χ3n) is 2.66. The van der Waals surface area contributed by atoms with Gasteiger partial charge in [0.2, 0.25) is 0 Å². The Morgan fingerprint density at radius 2 is 1.65 bits per heavy atom. The molecular weight excluding hydrogens is 208 g/mol. The van der Waals surface area contributed by atoms with Crippen molar-refractivity contribution in [3.8, 4) is 0 Å². The summed E-state index contributed by atoms with van der Waals surface area (Å²) >= 11 is 0. The minimum Gasteiger partial charge on any atom is -0.295 e. The number of ketones is 1. The number of rotatable bonds is 8. The molecule has 0 aliphatic carbocycles. The van der Waals surface area contributed by atoms with Crippen LogP contribution in [-0.2, 0) is 4.79 Å². The van der Waals surface area contributed by atoms with Gasteiger partial charge in [0.1, 0.15) is 0 Å². The highest BCUT2D eigenvalue weighted by molar-refractivity contribution is 5.87. The molecule has 1 heteroatoms. The molecule has 0 saturated heterocycles. The summed E-state index contributed by atoms with van der Waals surface area (Å²) in [6.45, 7) is 11.8. The maximum absolute atomic E-state index is 10.9. The van der Waals surface area contributed by atoms with Crippen molar-refractivity contribution in [3.05, 3.63) is 35.5 Å². The molecule has 0 spiro atoms. The smallest absolute Gasteiger partial charge is 0.152 e. The third kappa shape index (κ3) is 11.2. The Bertz CT molecular complexity index is 318. The molecule has 1 nitrogen and oxygen atoms in total. The van der Waals surface area contributed by atoms with Gasteiger partial charge in [0, 0.05) is 0 Å². The van der Waals surface area contributed by atoms with E-state index in [1.807, 2.05) is 6.92 Å². The van der Waals surface area contributed by atoms with E-state index in [1.165, 1.54) is 23.1 Å². The second-order valence-corrected chi connectivity index (χ2v) is 5.00. The minimum absolute atomic E-state index is 0.143. The van der Waals surface area contributed by atoms with Crippen LogP contribution in [0, 0.1) is 0 Å². The molecule has 0 fully saturated rings. The van der Waals surface area contributed by atoms with E-state index < -0.39 is 0 Å². The van der Waals surface area contributed by atoms with E-state index in [1.54, 1.807) is 13.0 Å². The second-order valence-electron chi connectivity index (χ2n) is 5.00. The van der Waals surface area contributed by atoms with Gasteiger partial charge < -0.3 is 0 Å². The molecule has 0 bridgehead atoms. The first-order valence-electron chi connectivity index (χ1n) is 6.39. The van der Waals surface area contributed by atoms with Crippen LogP contribution in [0.5, 0.6) is 0 Å². The van der Waals surface area contributed by atoms with Gasteiger partial charge in [0.25, 0.3) is 0 Å². The van der Waals surface area contributed by atoms with Crippen LogP contribution in [-0.4, -0.2) is 5.78 Å². The fourth-order valence-corrected chi connectivity index (χ4v) is 1.74. The molecule has 96 valence electrons. The summed E-state index contributed by atoms with van der Waals surface area (Å²) in [4.78, 5) is 10.9. The summed E-state index contributed by atoms with van der Waals surface area (Å²) in [6.07, 6.45) is 9.50. The molecule has 0 unspecified atom stereocenters. The molecule has 0 amide bonds. The molecule has 0 aromatic carbocycles. The quantitative estimate of drug-likeness (QED) is 0.427. The van der Waals surface area contributed by atoms with Crippen molar-refractivity contribution in [3.63, 3.8) is 0 Å². The van der Waals surface area contributed by atoms with Crippen LogP contribution in [0.25, 0.3) is 0 Å². The van der Waals surface area contributed by atoms with Gasteiger partial charge in [-0.15, -0.1) is 6.58 Å². The van der Waals surface area contributed by atoms with Gasteiger partial charge in [-0.25, -0.2) is 0 Å². The zero-order chi connectivity index (χ0) is 13.3. The van der Waals surface area contributed by atoms with Crippen LogP contribution < -0.4 is 0 Å². The highest BCUT2D eigenvalue weighted by Gasteiger charge is 1.94. The van der Waals surface area contributed by atoms with Crippen LogP contribution in [0.2, 0.25) is 0 Å². The van der Waals surface area contributed by atoms with Crippen LogP contribution in [0.1, 0.15) is 59.8 Å². The average molecular weight is 234 g/mol. The molecule has 0 atom stereocenters. The maximum atomic E-state index is 10.9. The Balaban J connectivity index is 3.84. The van der Waals surface area contributed by atoms with Gasteiger partial charge in [-0.1, -0.05) is 22.8 Å². The summed E-state index contributed by atoms with van der Waals surface area (Å²) in [7, 11) is 0. The fourth-order valence-electron chi connectivity index (χ4n) is 1.74. The standard InChI is InChI=1S/C16H26O/c1-13(2)8-6-9-14(3)10-7-11-15(4)12-16(5)17/h10,12H,1,6-9,11H2,2-5H3/b14-10+,15-12+. The Labute approximate surface area is 106 Å². The Hall–Kier alpha value is -1.11. The van der Waals surface area contributed by atoms with Crippen LogP contribution in [0.15, 0.2) is 35.5 Å². The molecule has 0 aliphatic rings. The largest absolute Gasteiger partial charge is 0.295 e. The number of carbonyl (C=O) groups excluding carboxylic acids is 1. The van der Waals surface area contributed by atoms with Crippen molar-refractivity contribution in [2.75, 3.05) is 0 Å². The van der Waals surface area contributed by atoms with E-state index in [0.717, 1.165) is 25.7 Å². The van der Waals surface area contributed by atoms with Gasteiger partial charge in [-0.05, 0) is 65.9 Å². The first-order valence-corrected chi connectivity index (χ1v) is 6.39. The normalized spacial score (nSPS) is 12.7. The minimum atomic E-state index is 0.143.